The zero-order valence-corrected chi connectivity index (χ0v) is 22.4. The summed E-state index contributed by atoms with van der Waals surface area (Å²) in [7, 11) is 1.96. The molecule has 1 N–H and O–H groups in total. The van der Waals surface area contributed by atoms with Gasteiger partial charge in [0.1, 0.15) is 6.04 Å². The normalized spacial score (nSPS) is 18.7. The van der Waals surface area contributed by atoms with Crippen molar-refractivity contribution in [2.24, 2.45) is 7.05 Å². The quantitative estimate of drug-likeness (QED) is 0.338. The minimum atomic E-state index is -0.620. The maximum atomic E-state index is 15.1. The molecule has 2 aliphatic rings. The van der Waals surface area contributed by atoms with Crippen LogP contribution in [0.25, 0.3) is 10.9 Å². The Kier molecular flexibility index (Phi) is 6.45. The van der Waals surface area contributed by atoms with Crippen LogP contribution in [0.5, 0.6) is 0 Å². The maximum Gasteiger partial charge on any atom is 0.243 e. The SMILES string of the molecule is Cn1c(CC(=O)N2CCC[C@H]2C(=O)N[C@@H](c2ccccc2)c2ccc(C3(C)CC3)c(F)n2)cc2ccccc21. The summed E-state index contributed by atoms with van der Waals surface area (Å²) in [5, 5.41) is 4.20. The second-order valence-electron chi connectivity index (χ2n) is 11.2. The van der Waals surface area contributed by atoms with Gasteiger partial charge in [0.25, 0.3) is 0 Å². The van der Waals surface area contributed by atoms with Crippen molar-refractivity contribution in [3.8, 4) is 0 Å². The zero-order valence-electron chi connectivity index (χ0n) is 22.4. The second kappa shape index (κ2) is 9.95. The van der Waals surface area contributed by atoms with Gasteiger partial charge in [0.2, 0.25) is 17.8 Å². The van der Waals surface area contributed by atoms with E-state index in [0.29, 0.717) is 24.2 Å². The molecule has 0 unspecified atom stereocenters. The fraction of sp³-hybridized carbons (Fsp3) is 0.344. The zero-order chi connectivity index (χ0) is 27.1. The molecule has 1 aliphatic carbocycles. The lowest BCUT2D eigenvalue weighted by Gasteiger charge is -2.27. The summed E-state index contributed by atoms with van der Waals surface area (Å²) in [6, 6.07) is 22.0. The molecule has 6 rings (SSSR count). The first-order valence-electron chi connectivity index (χ1n) is 13.7. The molecule has 0 bridgehead atoms. The van der Waals surface area contributed by atoms with Crippen LogP contribution in [0.3, 0.4) is 0 Å². The van der Waals surface area contributed by atoms with E-state index in [-0.39, 0.29) is 23.7 Å². The molecule has 2 amide bonds. The van der Waals surface area contributed by atoms with Crippen molar-refractivity contribution in [3.05, 3.63) is 101 Å². The number of amides is 2. The van der Waals surface area contributed by atoms with Crippen molar-refractivity contribution in [1.82, 2.24) is 19.8 Å². The van der Waals surface area contributed by atoms with Crippen LogP contribution in [0.2, 0.25) is 0 Å². The average molecular weight is 525 g/mol. The summed E-state index contributed by atoms with van der Waals surface area (Å²) < 4.78 is 17.1. The number of carbonyl (C=O) groups excluding carboxylic acids is 2. The highest BCUT2D eigenvalue weighted by Gasteiger charge is 2.42. The van der Waals surface area contributed by atoms with Crippen molar-refractivity contribution in [3.63, 3.8) is 0 Å². The average Bonchev–Trinajstić information content (AvgIpc) is 3.36. The summed E-state index contributed by atoms with van der Waals surface area (Å²) in [5.41, 5.74) is 3.74. The third-order valence-corrected chi connectivity index (χ3v) is 8.49. The van der Waals surface area contributed by atoms with E-state index >= 15 is 4.39 Å². The molecule has 2 atom stereocenters. The first-order chi connectivity index (χ1) is 18.8. The van der Waals surface area contributed by atoms with E-state index in [4.69, 9.17) is 0 Å². The first-order valence-corrected chi connectivity index (χ1v) is 13.7. The third kappa shape index (κ3) is 4.82. The molecule has 0 radical (unpaired) electrons. The van der Waals surface area contributed by atoms with Gasteiger partial charge in [0.15, 0.2) is 0 Å². The van der Waals surface area contributed by atoms with Gasteiger partial charge in [-0.2, -0.15) is 4.39 Å². The molecule has 0 spiro atoms. The van der Waals surface area contributed by atoms with E-state index in [2.05, 4.69) is 10.3 Å². The smallest absolute Gasteiger partial charge is 0.243 e. The van der Waals surface area contributed by atoms with Crippen LogP contribution in [0, 0.1) is 5.95 Å². The molecule has 2 aromatic heterocycles. The highest BCUT2D eigenvalue weighted by Crippen LogP contribution is 2.48. The summed E-state index contributed by atoms with van der Waals surface area (Å²) in [5.74, 6) is -0.788. The van der Waals surface area contributed by atoms with E-state index in [0.717, 1.165) is 41.4 Å². The predicted octanol–water partition coefficient (Wildman–Crippen LogP) is 5.20. The lowest BCUT2D eigenvalue weighted by molar-refractivity contribution is -0.138. The Balaban J connectivity index is 1.23. The number of nitrogens with zero attached hydrogens (tertiary/aromatic N) is 3. The fourth-order valence-electron chi connectivity index (χ4n) is 5.84. The number of para-hydroxylation sites is 1. The molecular formula is C32H33FN4O2. The summed E-state index contributed by atoms with van der Waals surface area (Å²) >= 11 is 0. The topological polar surface area (TPSA) is 67.2 Å². The van der Waals surface area contributed by atoms with Gasteiger partial charge in [-0.05, 0) is 60.2 Å². The Morgan fingerprint density at radius 2 is 1.82 bits per heavy atom. The lowest BCUT2D eigenvalue weighted by atomic mass is 9.97. The molecule has 6 nitrogen and oxygen atoms in total. The number of aromatic nitrogens is 2. The number of hydrogen-bond acceptors (Lipinski definition) is 3. The number of rotatable bonds is 7. The molecule has 1 saturated carbocycles. The number of nitrogens with one attached hydrogen (secondary N) is 1. The largest absolute Gasteiger partial charge is 0.347 e. The van der Waals surface area contributed by atoms with Crippen molar-refractivity contribution in [1.29, 1.82) is 0 Å². The van der Waals surface area contributed by atoms with Gasteiger partial charge in [0.05, 0.1) is 18.2 Å². The van der Waals surface area contributed by atoms with Crippen LogP contribution in [0.1, 0.15) is 61.2 Å². The minimum Gasteiger partial charge on any atom is -0.347 e. The van der Waals surface area contributed by atoms with Crippen LogP contribution in [-0.4, -0.2) is 38.9 Å². The third-order valence-electron chi connectivity index (χ3n) is 8.49. The number of hydrogen-bond donors (Lipinski definition) is 1. The summed E-state index contributed by atoms with van der Waals surface area (Å²) in [6.45, 7) is 2.59. The Morgan fingerprint density at radius 3 is 2.54 bits per heavy atom. The number of halogens is 1. The number of benzene rings is 2. The van der Waals surface area contributed by atoms with Gasteiger partial charge in [0, 0.05) is 30.4 Å². The van der Waals surface area contributed by atoms with E-state index in [1.807, 2.05) is 91.3 Å². The van der Waals surface area contributed by atoms with Gasteiger partial charge in [-0.3, -0.25) is 9.59 Å². The van der Waals surface area contributed by atoms with E-state index in [9.17, 15) is 9.59 Å². The Morgan fingerprint density at radius 1 is 1.08 bits per heavy atom. The lowest BCUT2D eigenvalue weighted by Crippen LogP contribution is -2.47. The van der Waals surface area contributed by atoms with Gasteiger partial charge in [-0.1, -0.05) is 61.5 Å². The molecule has 1 aliphatic heterocycles. The minimum absolute atomic E-state index is 0.0685. The standard InChI is InChI=1S/C32H33FN4O2/c1-32(16-17-32)24-14-15-25(34-30(24)33)29(21-9-4-3-5-10-21)35-31(39)27-13-8-18-37(27)28(38)20-23-19-22-11-6-7-12-26(22)36(23)2/h3-7,9-12,14-15,19,27,29H,8,13,16-18,20H2,1-2H3,(H,35,39)/t27-,29-/m0/s1. The fourth-order valence-corrected chi connectivity index (χ4v) is 5.84. The number of fused-ring (bicyclic) bond motifs is 1. The molecule has 7 heteroatoms. The monoisotopic (exact) mass is 524 g/mol. The van der Waals surface area contributed by atoms with E-state index < -0.39 is 18.0 Å². The van der Waals surface area contributed by atoms with Crippen LogP contribution in [0.15, 0.2) is 72.8 Å². The van der Waals surface area contributed by atoms with Gasteiger partial charge in [-0.15, -0.1) is 0 Å². The van der Waals surface area contributed by atoms with Crippen LogP contribution in [0.4, 0.5) is 4.39 Å². The number of aryl methyl sites for hydroxylation is 1. The van der Waals surface area contributed by atoms with Crippen molar-refractivity contribution in [2.45, 2.75) is 56.5 Å². The van der Waals surface area contributed by atoms with Crippen molar-refractivity contribution >= 4 is 22.7 Å². The maximum absolute atomic E-state index is 15.1. The molecule has 2 aromatic carbocycles. The van der Waals surface area contributed by atoms with E-state index in [1.165, 1.54) is 0 Å². The highest BCUT2D eigenvalue weighted by atomic mass is 19.1. The van der Waals surface area contributed by atoms with Gasteiger partial charge >= 0.3 is 0 Å². The van der Waals surface area contributed by atoms with Gasteiger partial charge in [-0.25, -0.2) is 4.98 Å². The Hall–Kier alpha value is -4.00. The molecule has 4 aromatic rings. The molecular weight excluding hydrogens is 491 g/mol. The van der Waals surface area contributed by atoms with Crippen LogP contribution >= 0.6 is 0 Å². The molecule has 39 heavy (non-hydrogen) atoms. The second-order valence-corrected chi connectivity index (χ2v) is 11.2. The Labute approximate surface area is 227 Å². The van der Waals surface area contributed by atoms with E-state index in [1.54, 1.807) is 4.90 Å². The molecule has 3 heterocycles. The number of pyridine rings is 1. The highest BCUT2D eigenvalue weighted by molar-refractivity contribution is 5.90. The molecule has 1 saturated heterocycles. The number of likely N-dealkylation sites (tertiary alicyclic amines) is 1. The van der Waals surface area contributed by atoms with Crippen molar-refractivity contribution in [2.75, 3.05) is 6.54 Å². The van der Waals surface area contributed by atoms with Gasteiger partial charge < -0.3 is 14.8 Å². The first kappa shape index (κ1) is 25.3. The van der Waals surface area contributed by atoms with Crippen LogP contribution < -0.4 is 5.32 Å². The predicted molar refractivity (Wildman–Crippen MR) is 149 cm³/mol. The van der Waals surface area contributed by atoms with Crippen LogP contribution in [-0.2, 0) is 28.5 Å². The number of carbonyl (C=O) groups is 2. The summed E-state index contributed by atoms with van der Waals surface area (Å²) in [6.07, 6.45) is 3.48. The summed E-state index contributed by atoms with van der Waals surface area (Å²) in [4.78, 5) is 33.1. The molecule has 2 fully saturated rings. The van der Waals surface area contributed by atoms with Crippen molar-refractivity contribution < 1.29 is 14.0 Å². The Bertz CT molecular complexity index is 1540. The molecule has 200 valence electrons.